The van der Waals surface area contributed by atoms with E-state index >= 15 is 0 Å². The minimum atomic E-state index is -1.07. The number of aromatic amines is 1. The van der Waals surface area contributed by atoms with Crippen LogP contribution in [-0.2, 0) is 27.7 Å². The average Bonchev–Trinajstić information content (AvgIpc) is 4.04. The van der Waals surface area contributed by atoms with Gasteiger partial charge in [0.25, 0.3) is 0 Å². The molecule has 0 aliphatic rings. The smallest absolute Gasteiger partial charge is 0.208 e. The highest BCUT2D eigenvalue weighted by molar-refractivity contribution is 9.11. The Morgan fingerprint density at radius 1 is 0.567 bits per heavy atom. The standard InChI is InChI=1S/2C14H21BrN4OSSi.C8H7BrN4S.C6H15ClOSi/c1-21-14-17-13(12-6-5-11(15)9-16-12)19(18-14)10-20-7-8-22(2,3)4;1-21-14-17-13(12-6-5-11(15)9-16-12)18-19(14)10-20-7-8-22(2,3)4;1-14-8-11-7(12-13-8)6-3-2-5(9)4-10-6;1-9(2,3)5-4-8-6-7/h2*5-6,9H,7-8,10H2,1-4H3;2-4H,1H3,(H,11,12,13);4-6H2,1-3H3. The van der Waals surface area contributed by atoms with Crippen LogP contribution in [0.5, 0.6) is 0 Å². The quantitative estimate of drug-likeness (QED) is 0.0331. The highest BCUT2D eigenvalue weighted by atomic mass is 79.9. The van der Waals surface area contributed by atoms with Crippen molar-refractivity contribution in [3.8, 4) is 34.6 Å². The molecule has 0 aromatic carbocycles. The second-order valence-electron chi connectivity index (χ2n) is 18.1. The van der Waals surface area contributed by atoms with Crippen LogP contribution in [0.15, 0.2) is 83.9 Å². The van der Waals surface area contributed by atoms with E-state index in [2.05, 4.69) is 157 Å². The van der Waals surface area contributed by atoms with Crippen molar-refractivity contribution < 1.29 is 14.2 Å². The molecule has 6 rings (SSSR count). The fourth-order valence-electron chi connectivity index (χ4n) is 4.83. The molecule has 0 amide bonds. The van der Waals surface area contributed by atoms with Crippen LogP contribution in [0.1, 0.15) is 0 Å². The molecule has 25 heteroatoms. The third-order valence-corrected chi connectivity index (χ3v) is 17.1. The minimum absolute atomic E-state index is 0.338. The van der Waals surface area contributed by atoms with E-state index in [-0.39, 0.29) is 0 Å². The fraction of sp³-hybridized carbons (Fsp3) is 0.500. The number of pyridine rings is 3. The lowest BCUT2D eigenvalue weighted by Gasteiger charge is -2.15. The number of rotatable bonds is 20. The highest BCUT2D eigenvalue weighted by Gasteiger charge is 2.17. The van der Waals surface area contributed by atoms with Crippen molar-refractivity contribution in [3.63, 3.8) is 0 Å². The topological polar surface area (TPSA) is 169 Å². The first-order chi connectivity index (χ1) is 31.6. The van der Waals surface area contributed by atoms with E-state index in [1.165, 1.54) is 29.6 Å². The molecule has 0 unspecified atom stereocenters. The minimum Gasteiger partial charge on any atom is -0.366 e. The van der Waals surface area contributed by atoms with Crippen LogP contribution in [0.25, 0.3) is 34.6 Å². The predicted octanol–water partition coefficient (Wildman–Crippen LogP) is 13.2. The maximum atomic E-state index is 5.79. The molecule has 0 saturated heterocycles. The summed E-state index contributed by atoms with van der Waals surface area (Å²) in [5.74, 6) is 2.07. The first kappa shape index (κ1) is 59.5. The summed E-state index contributed by atoms with van der Waals surface area (Å²) in [6.45, 7) is 24.2. The van der Waals surface area contributed by atoms with Gasteiger partial charge in [0, 0.05) is 76.1 Å². The van der Waals surface area contributed by atoms with Crippen molar-refractivity contribution in [1.29, 1.82) is 0 Å². The Morgan fingerprint density at radius 2 is 1.04 bits per heavy atom. The maximum Gasteiger partial charge on any atom is 0.208 e. The Kier molecular flexibility index (Phi) is 26.8. The molecule has 0 saturated carbocycles. The van der Waals surface area contributed by atoms with Gasteiger partial charge in [-0.1, -0.05) is 106 Å². The number of nitrogens with one attached hydrogen (secondary N) is 1. The second-order valence-corrected chi connectivity index (χ2v) is 40.3. The van der Waals surface area contributed by atoms with E-state index in [1.807, 2.05) is 55.2 Å². The number of halogens is 4. The molecular formula is C42H64Br3ClN12O3S3Si3. The molecule has 15 nitrogen and oxygen atoms in total. The first-order valence-electron chi connectivity index (χ1n) is 21.2. The lowest BCUT2D eigenvalue weighted by atomic mass is 10.3. The van der Waals surface area contributed by atoms with E-state index < -0.39 is 24.2 Å². The van der Waals surface area contributed by atoms with Crippen LogP contribution in [0, 0.1) is 0 Å². The number of H-pyrrole nitrogens is 1. The van der Waals surface area contributed by atoms with Gasteiger partial charge >= 0.3 is 0 Å². The zero-order chi connectivity index (χ0) is 49.6. The van der Waals surface area contributed by atoms with Crippen LogP contribution < -0.4 is 0 Å². The van der Waals surface area contributed by atoms with Gasteiger partial charge in [-0.3, -0.25) is 20.1 Å². The largest absolute Gasteiger partial charge is 0.366 e. The number of hydrogen-bond donors (Lipinski definition) is 1. The fourth-order valence-corrected chi connectivity index (χ4v) is 9.08. The first-order valence-corrected chi connectivity index (χ1v) is 38.9. The van der Waals surface area contributed by atoms with Crippen LogP contribution in [0.3, 0.4) is 0 Å². The molecule has 0 fully saturated rings. The summed E-state index contributed by atoms with van der Waals surface area (Å²) in [5, 5.41) is 18.1. The molecule has 0 radical (unpaired) electrons. The third kappa shape index (κ3) is 24.2. The number of alkyl halides is 1. The van der Waals surface area contributed by atoms with Gasteiger partial charge in [0.2, 0.25) is 16.1 Å². The maximum absolute atomic E-state index is 5.79. The summed E-state index contributed by atoms with van der Waals surface area (Å²) in [6.07, 6.45) is 11.1. The van der Waals surface area contributed by atoms with Gasteiger partial charge in [-0.15, -0.1) is 15.3 Å². The molecule has 6 heterocycles. The zero-order valence-corrected chi connectivity index (χ0v) is 51.4. The average molecular weight is 1240 g/mol. The Bertz CT molecular complexity index is 2320. The SMILES string of the molecule is CSc1n[nH]c(-c2ccc(Br)cn2)n1.CSc1nc(-c2ccc(Br)cn2)n(COCC[Si](C)(C)C)n1.CSc1nc(-c2ccc(Br)cn2)nn1COCC[Si](C)(C)C.C[Si](C)(C)CCOCCl. The van der Waals surface area contributed by atoms with Crippen LogP contribution in [-0.4, -0.2) is 129 Å². The summed E-state index contributed by atoms with van der Waals surface area (Å²) in [7, 11) is -3.01. The van der Waals surface area contributed by atoms with Crippen molar-refractivity contribution in [2.45, 2.75) is 106 Å². The summed E-state index contributed by atoms with van der Waals surface area (Å²) in [5.41, 5.74) is 2.35. The van der Waals surface area contributed by atoms with Gasteiger partial charge in [0.1, 0.15) is 36.6 Å². The molecule has 6 aromatic heterocycles. The number of hydrogen-bond acceptors (Lipinski definition) is 15. The van der Waals surface area contributed by atoms with Gasteiger partial charge < -0.3 is 14.2 Å². The monoisotopic (exact) mass is 1240 g/mol. The van der Waals surface area contributed by atoms with Gasteiger partial charge in [0.05, 0.1) is 0 Å². The van der Waals surface area contributed by atoms with Crippen molar-refractivity contribution in [2.75, 3.05) is 44.7 Å². The molecular weight excluding hydrogens is 1180 g/mol. The highest BCUT2D eigenvalue weighted by Crippen LogP contribution is 2.23. The molecule has 0 spiro atoms. The van der Waals surface area contributed by atoms with E-state index in [4.69, 9.17) is 25.8 Å². The van der Waals surface area contributed by atoms with Crippen molar-refractivity contribution in [1.82, 2.24) is 59.7 Å². The number of thioether (sulfide) groups is 3. The predicted molar refractivity (Wildman–Crippen MR) is 298 cm³/mol. The zero-order valence-electron chi connectivity index (χ0n) is 40.4. The molecule has 0 bridgehead atoms. The Labute approximate surface area is 442 Å². The lowest BCUT2D eigenvalue weighted by molar-refractivity contribution is 0.0720. The Hall–Kier alpha value is -1.82. The van der Waals surface area contributed by atoms with Crippen molar-refractivity contribution >= 4 is 119 Å². The molecule has 0 aliphatic carbocycles. The van der Waals surface area contributed by atoms with Crippen LogP contribution in [0.4, 0.5) is 0 Å². The van der Waals surface area contributed by atoms with Crippen LogP contribution in [0.2, 0.25) is 77.1 Å². The molecule has 0 atom stereocenters. The van der Waals surface area contributed by atoms with Gasteiger partial charge in [-0.2, -0.15) is 15.0 Å². The summed E-state index contributed by atoms with van der Waals surface area (Å²) >= 11 is 20.0. The van der Waals surface area contributed by atoms with E-state index in [0.717, 1.165) is 83.7 Å². The second kappa shape index (κ2) is 30.2. The van der Waals surface area contributed by atoms with Gasteiger partial charge in [-0.25, -0.2) is 9.36 Å². The van der Waals surface area contributed by atoms with E-state index in [9.17, 15) is 0 Å². The van der Waals surface area contributed by atoms with E-state index in [0.29, 0.717) is 31.2 Å². The number of nitrogens with zero attached hydrogens (tertiary/aromatic N) is 11. The van der Waals surface area contributed by atoms with E-state index in [1.54, 1.807) is 39.7 Å². The van der Waals surface area contributed by atoms with Crippen LogP contribution >= 0.6 is 94.7 Å². The number of aromatic nitrogens is 12. The van der Waals surface area contributed by atoms with Gasteiger partial charge in [0.15, 0.2) is 16.8 Å². The van der Waals surface area contributed by atoms with Crippen molar-refractivity contribution in [2.24, 2.45) is 0 Å². The third-order valence-electron chi connectivity index (χ3n) is 8.68. The Balaban J connectivity index is 0.000000249. The summed E-state index contributed by atoms with van der Waals surface area (Å²) in [4.78, 5) is 26.2. The van der Waals surface area contributed by atoms with Gasteiger partial charge in [-0.05, 0) is 121 Å². The lowest BCUT2D eigenvalue weighted by Crippen LogP contribution is -2.22. The molecule has 1 N–H and O–H groups in total. The Morgan fingerprint density at radius 3 is 1.48 bits per heavy atom. The normalized spacial score (nSPS) is 11.6. The summed E-state index contributed by atoms with van der Waals surface area (Å²) < 4.78 is 23.0. The molecule has 6 aromatic rings. The number of ether oxygens (including phenoxy) is 3. The summed E-state index contributed by atoms with van der Waals surface area (Å²) in [6, 6.07) is 15.4. The molecule has 368 valence electrons. The molecule has 0 aliphatic heterocycles. The van der Waals surface area contributed by atoms with Crippen molar-refractivity contribution in [3.05, 3.63) is 68.4 Å². The molecule has 67 heavy (non-hydrogen) atoms.